The second-order valence-corrected chi connectivity index (χ2v) is 6.17. The highest BCUT2D eigenvalue weighted by molar-refractivity contribution is 5.91. The molecule has 2 aromatic heterocycles. The number of carbonyl (C=O) groups excluding carboxylic acids is 1. The van der Waals surface area contributed by atoms with Crippen LogP contribution < -0.4 is 15.0 Å². The van der Waals surface area contributed by atoms with Crippen molar-refractivity contribution in [1.82, 2.24) is 20.4 Å². The summed E-state index contributed by atoms with van der Waals surface area (Å²) in [6.45, 7) is 3.97. The monoisotopic (exact) mass is 367 g/mol. The van der Waals surface area contributed by atoms with Crippen LogP contribution in [0.1, 0.15) is 19.7 Å². The van der Waals surface area contributed by atoms with Gasteiger partial charge in [-0.1, -0.05) is 11.2 Å². The van der Waals surface area contributed by atoms with E-state index in [0.717, 1.165) is 5.69 Å². The highest BCUT2D eigenvalue weighted by atomic mass is 16.5. The number of pyridine rings is 1. The van der Waals surface area contributed by atoms with Gasteiger partial charge in [0.25, 0.3) is 5.89 Å². The molecule has 0 saturated carbocycles. The van der Waals surface area contributed by atoms with Crippen molar-refractivity contribution in [2.75, 3.05) is 11.9 Å². The molecule has 2 amide bonds. The highest BCUT2D eigenvalue weighted by Gasteiger charge is 2.12. The van der Waals surface area contributed by atoms with Crippen LogP contribution in [0.25, 0.3) is 11.5 Å². The average molecular weight is 367 g/mol. The molecule has 0 radical (unpaired) electrons. The number of carbonyl (C=O) groups is 1. The number of aromatic nitrogens is 3. The van der Waals surface area contributed by atoms with Crippen molar-refractivity contribution in [2.24, 2.45) is 0 Å². The second-order valence-electron chi connectivity index (χ2n) is 6.17. The fraction of sp³-hybridized carbons (Fsp3) is 0.263. The van der Waals surface area contributed by atoms with E-state index >= 15 is 0 Å². The van der Waals surface area contributed by atoms with Crippen molar-refractivity contribution in [3.05, 3.63) is 54.6 Å². The molecule has 0 saturated heterocycles. The number of benzene rings is 1. The van der Waals surface area contributed by atoms with Crippen LogP contribution in [0.4, 0.5) is 10.5 Å². The second kappa shape index (κ2) is 8.31. The quantitative estimate of drug-likeness (QED) is 0.719. The Morgan fingerprint density at radius 2 is 2.00 bits per heavy atom. The molecular formula is C19H21N5O3. The summed E-state index contributed by atoms with van der Waals surface area (Å²) in [7, 11) is 1.71. The number of anilines is 1. The molecule has 140 valence electrons. The summed E-state index contributed by atoms with van der Waals surface area (Å²) in [5.41, 5.74) is 1.40. The molecule has 0 aliphatic heterocycles. The summed E-state index contributed by atoms with van der Waals surface area (Å²) in [6, 6.07) is 12.6. The maximum Gasteiger partial charge on any atom is 0.321 e. The predicted molar refractivity (Wildman–Crippen MR) is 100 cm³/mol. The van der Waals surface area contributed by atoms with Crippen molar-refractivity contribution < 1.29 is 14.1 Å². The third kappa shape index (κ3) is 4.81. The van der Waals surface area contributed by atoms with Crippen molar-refractivity contribution in [2.45, 2.75) is 26.5 Å². The van der Waals surface area contributed by atoms with Crippen molar-refractivity contribution >= 4 is 11.7 Å². The number of rotatable bonds is 6. The molecule has 27 heavy (non-hydrogen) atoms. The third-order valence-electron chi connectivity index (χ3n) is 3.67. The normalized spacial score (nSPS) is 10.7. The predicted octanol–water partition coefficient (Wildman–Crippen LogP) is 3.26. The standard InChI is InChI=1S/C19H21N5O3/c1-13(2)21-19(25)24(3)14-7-9-15(10-8-14)26-12-17-22-18(23-27-17)16-6-4-5-11-20-16/h4-11,13H,12H2,1-3H3,(H,21,25). The molecule has 1 aromatic carbocycles. The number of hydrogen-bond donors (Lipinski definition) is 1. The van der Waals surface area contributed by atoms with E-state index in [0.29, 0.717) is 23.2 Å². The lowest BCUT2D eigenvalue weighted by molar-refractivity contribution is 0.242. The molecule has 8 heteroatoms. The van der Waals surface area contributed by atoms with Gasteiger partial charge in [0.05, 0.1) is 0 Å². The molecule has 0 unspecified atom stereocenters. The summed E-state index contributed by atoms with van der Waals surface area (Å²) >= 11 is 0. The lowest BCUT2D eigenvalue weighted by Crippen LogP contribution is -2.40. The number of urea groups is 1. The van der Waals surface area contributed by atoms with Crippen molar-refractivity contribution in [1.29, 1.82) is 0 Å². The van der Waals surface area contributed by atoms with Gasteiger partial charge in [-0.15, -0.1) is 0 Å². The van der Waals surface area contributed by atoms with Gasteiger partial charge in [0.2, 0.25) is 5.82 Å². The summed E-state index contributed by atoms with van der Waals surface area (Å²) in [5.74, 6) is 1.41. The van der Waals surface area contributed by atoms with Gasteiger partial charge in [-0.3, -0.25) is 9.88 Å². The first kappa shape index (κ1) is 18.4. The Bertz CT molecular complexity index is 878. The molecule has 0 spiro atoms. The van der Waals surface area contributed by atoms with Crippen LogP contribution in [0.2, 0.25) is 0 Å². The maximum absolute atomic E-state index is 12.0. The fourth-order valence-electron chi connectivity index (χ4n) is 2.28. The molecule has 1 N–H and O–H groups in total. The Balaban J connectivity index is 1.58. The van der Waals surface area contributed by atoms with Crippen LogP contribution in [0.3, 0.4) is 0 Å². The topological polar surface area (TPSA) is 93.4 Å². The van der Waals surface area contributed by atoms with E-state index in [1.54, 1.807) is 36.3 Å². The summed E-state index contributed by atoms with van der Waals surface area (Å²) in [6.07, 6.45) is 1.67. The van der Waals surface area contributed by atoms with Crippen LogP contribution in [0.15, 0.2) is 53.2 Å². The molecule has 3 rings (SSSR count). The summed E-state index contributed by atoms with van der Waals surface area (Å²) in [4.78, 5) is 22.0. The first-order valence-electron chi connectivity index (χ1n) is 8.54. The average Bonchev–Trinajstić information content (AvgIpc) is 3.15. The molecule has 3 aromatic rings. The lowest BCUT2D eigenvalue weighted by Gasteiger charge is -2.20. The van der Waals surface area contributed by atoms with Gasteiger partial charge >= 0.3 is 6.03 Å². The van der Waals surface area contributed by atoms with Crippen LogP contribution >= 0.6 is 0 Å². The van der Waals surface area contributed by atoms with Gasteiger partial charge in [-0.25, -0.2) is 4.79 Å². The lowest BCUT2D eigenvalue weighted by atomic mass is 10.3. The summed E-state index contributed by atoms with van der Waals surface area (Å²) in [5, 5.41) is 6.74. The molecular weight excluding hydrogens is 346 g/mol. The van der Waals surface area contributed by atoms with E-state index in [-0.39, 0.29) is 18.7 Å². The Morgan fingerprint density at radius 3 is 2.67 bits per heavy atom. The van der Waals surface area contributed by atoms with E-state index in [9.17, 15) is 4.79 Å². The number of amides is 2. The number of nitrogens with zero attached hydrogens (tertiary/aromatic N) is 4. The number of nitrogens with one attached hydrogen (secondary N) is 1. The molecule has 8 nitrogen and oxygen atoms in total. The number of ether oxygens (including phenoxy) is 1. The Labute approximate surface area is 157 Å². The first-order valence-corrected chi connectivity index (χ1v) is 8.54. The smallest absolute Gasteiger partial charge is 0.321 e. The van der Waals surface area contributed by atoms with E-state index in [2.05, 4.69) is 20.4 Å². The molecule has 0 fully saturated rings. The minimum Gasteiger partial charge on any atom is -0.484 e. The minimum atomic E-state index is -0.161. The Morgan fingerprint density at radius 1 is 1.22 bits per heavy atom. The van der Waals surface area contributed by atoms with E-state index < -0.39 is 0 Å². The van der Waals surface area contributed by atoms with Crippen LogP contribution in [0.5, 0.6) is 5.75 Å². The molecule has 0 aliphatic carbocycles. The number of hydrogen-bond acceptors (Lipinski definition) is 6. The van der Waals surface area contributed by atoms with Crippen LogP contribution in [0, 0.1) is 0 Å². The van der Waals surface area contributed by atoms with Crippen LogP contribution in [-0.2, 0) is 6.61 Å². The van der Waals surface area contributed by atoms with Gasteiger partial charge in [0.1, 0.15) is 11.4 Å². The van der Waals surface area contributed by atoms with Gasteiger partial charge in [0, 0.05) is 25.0 Å². The van der Waals surface area contributed by atoms with Crippen molar-refractivity contribution in [3.8, 4) is 17.3 Å². The molecule has 0 aliphatic rings. The maximum atomic E-state index is 12.0. The van der Waals surface area contributed by atoms with Gasteiger partial charge in [-0.05, 0) is 50.2 Å². The van der Waals surface area contributed by atoms with Gasteiger partial charge in [-0.2, -0.15) is 4.98 Å². The minimum absolute atomic E-state index is 0.0768. The molecule has 0 atom stereocenters. The zero-order chi connectivity index (χ0) is 19.2. The highest BCUT2D eigenvalue weighted by Crippen LogP contribution is 2.20. The zero-order valence-electron chi connectivity index (χ0n) is 15.4. The summed E-state index contributed by atoms with van der Waals surface area (Å²) < 4.78 is 10.8. The van der Waals surface area contributed by atoms with Crippen molar-refractivity contribution in [3.63, 3.8) is 0 Å². The van der Waals surface area contributed by atoms with Gasteiger partial charge in [0.15, 0.2) is 6.61 Å². The Hall–Kier alpha value is -3.42. The Kier molecular flexibility index (Phi) is 5.65. The molecule has 2 heterocycles. The zero-order valence-corrected chi connectivity index (χ0v) is 15.4. The van der Waals surface area contributed by atoms with Gasteiger partial charge < -0.3 is 14.6 Å². The fourth-order valence-corrected chi connectivity index (χ4v) is 2.28. The largest absolute Gasteiger partial charge is 0.484 e. The van der Waals surface area contributed by atoms with E-state index in [4.69, 9.17) is 9.26 Å². The van der Waals surface area contributed by atoms with E-state index in [1.807, 2.05) is 38.1 Å². The van der Waals surface area contributed by atoms with E-state index in [1.165, 1.54) is 0 Å². The first-order chi connectivity index (χ1) is 13.0. The SMILES string of the molecule is CC(C)NC(=O)N(C)c1ccc(OCc2nc(-c3ccccn3)no2)cc1. The molecule has 0 bridgehead atoms. The van der Waals surface area contributed by atoms with Crippen LogP contribution in [-0.4, -0.2) is 34.2 Å². The third-order valence-corrected chi connectivity index (χ3v) is 3.67.